The number of carbonyl (C=O) groups excluding carboxylic acids is 1. The predicted molar refractivity (Wildman–Crippen MR) is 65.2 cm³/mol. The van der Waals surface area contributed by atoms with Crippen LogP contribution in [0.1, 0.15) is 19.4 Å². The molecule has 0 fully saturated rings. The highest BCUT2D eigenvalue weighted by Crippen LogP contribution is 2.27. The van der Waals surface area contributed by atoms with E-state index in [1.807, 2.05) is 5.43 Å². The molecule has 1 aromatic carbocycles. The van der Waals surface area contributed by atoms with Crippen molar-refractivity contribution in [2.45, 2.75) is 19.3 Å². The molecule has 1 rings (SSSR count). The summed E-state index contributed by atoms with van der Waals surface area (Å²) in [4.78, 5) is 11.0. The first-order valence-corrected chi connectivity index (χ1v) is 5.44. The van der Waals surface area contributed by atoms with Crippen molar-refractivity contribution in [3.63, 3.8) is 0 Å². The zero-order valence-electron chi connectivity index (χ0n) is 9.68. The SMILES string of the molecule is CC(C)(CNC(=O)NN)c1cc(Cl)ccc1F. The Kier molecular flexibility index (Phi) is 4.31. The highest BCUT2D eigenvalue weighted by atomic mass is 35.5. The second-order valence-electron chi connectivity index (χ2n) is 4.34. The van der Waals surface area contributed by atoms with Crippen LogP contribution in [0, 0.1) is 5.82 Å². The van der Waals surface area contributed by atoms with Gasteiger partial charge in [0, 0.05) is 17.0 Å². The van der Waals surface area contributed by atoms with Gasteiger partial charge in [0.25, 0.3) is 0 Å². The third-order valence-corrected chi connectivity index (χ3v) is 2.71. The van der Waals surface area contributed by atoms with Gasteiger partial charge >= 0.3 is 6.03 Å². The molecule has 0 aliphatic carbocycles. The third kappa shape index (κ3) is 3.57. The zero-order valence-corrected chi connectivity index (χ0v) is 10.4. The first-order valence-electron chi connectivity index (χ1n) is 5.07. The van der Waals surface area contributed by atoms with Crippen LogP contribution in [-0.2, 0) is 5.41 Å². The summed E-state index contributed by atoms with van der Waals surface area (Å²) in [6.45, 7) is 3.85. The molecule has 17 heavy (non-hydrogen) atoms. The molecule has 0 aliphatic heterocycles. The number of hydrogen-bond donors (Lipinski definition) is 3. The van der Waals surface area contributed by atoms with Gasteiger partial charge in [0.05, 0.1) is 0 Å². The number of carbonyl (C=O) groups is 1. The van der Waals surface area contributed by atoms with Gasteiger partial charge in [0.15, 0.2) is 0 Å². The van der Waals surface area contributed by atoms with E-state index in [1.165, 1.54) is 12.1 Å². The Balaban J connectivity index is 2.88. The van der Waals surface area contributed by atoms with Crippen LogP contribution in [0.3, 0.4) is 0 Å². The molecule has 0 saturated carbocycles. The van der Waals surface area contributed by atoms with Gasteiger partial charge in [-0.1, -0.05) is 25.4 Å². The fourth-order valence-corrected chi connectivity index (χ4v) is 1.64. The molecule has 0 saturated heterocycles. The van der Waals surface area contributed by atoms with E-state index in [4.69, 9.17) is 17.4 Å². The number of nitrogens with one attached hydrogen (secondary N) is 2. The maximum absolute atomic E-state index is 13.7. The normalized spacial score (nSPS) is 11.1. The van der Waals surface area contributed by atoms with Crippen molar-refractivity contribution in [3.05, 3.63) is 34.6 Å². The minimum absolute atomic E-state index is 0.243. The van der Waals surface area contributed by atoms with Gasteiger partial charge in [0.2, 0.25) is 0 Å². The summed E-state index contributed by atoms with van der Waals surface area (Å²) in [6, 6.07) is 3.83. The Morgan fingerprint density at radius 1 is 1.53 bits per heavy atom. The van der Waals surface area contributed by atoms with Crippen molar-refractivity contribution < 1.29 is 9.18 Å². The predicted octanol–water partition coefficient (Wildman–Crippen LogP) is 1.93. The van der Waals surface area contributed by atoms with E-state index < -0.39 is 11.4 Å². The van der Waals surface area contributed by atoms with Gasteiger partial charge in [0.1, 0.15) is 5.82 Å². The number of hydrazine groups is 1. The van der Waals surface area contributed by atoms with Crippen molar-refractivity contribution in [2.24, 2.45) is 5.84 Å². The topological polar surface area (TPSA) is 67.2 Å². The molecule has 4 N–H and O–H groups in total. The largest absolute Gasteiger partial charge is 0.336 e. The van der Waals surface area contributed by atoms with Gasteiger partial charge in [-0.25, -0.2) is 15.0 Å². The fraction of sp³-hybridized carbons (Fsp3) is 0.364. The fourth-order valence-electron chi connectivity index (χ4n) is 1.46. The van der Waals surface area contributed by atoms with E-state index in [2.05, 4.69) is 5.32 Å². The number of rotatable bonds is 3. The maximum atomic E-state index is 13.7. The second kappa shape index (κ2) is 5.33. The average molecular weight is 260 g/mol. The lowest BCUT2D eigenvalue weighted by atomic mass is 9.84. The number of halogens is 2. The van der Waals surface area contributed by atoms with E-state index in [9.17, 15) is 9.18 Å². The number of hydrogen-bond acceptors (Lipinski definition) is 2. The quantitative estimate of drug-likeness (QED) is 0.441. The van der Waals surface area contributed by atoms with Crippen LogP contribution in [0.5, 0.6) is 0 Å². The first kappa shape index (κ1) is 13.7. The van der Waals surface area contributed by atoms with Crippen molar-refractivity contribution in [2.75, 3.05) is 6.54 Å². The molecule has 1 aromatic rings. The van der Waals surface area contributed by atoms with Crippen LogP contribution >= 0.6 is 11.6 Å². The summed E-state index contributed by atoms with van der Waals surface area (Å²) in [5.41, 5.74) is 1.81. The minimum atomic E-state index is -0.582. The smallest absolute Gasteiger partial charge is 0.328 e. The van der Waals surface area contributed by atoms with Crippen LogP contribution in [-0.4, -0.2) is 12.6 Å². The molecule has 0 heterocycles. The Labute approximate surface area is 104 Å². The molecular formula is C11H15ClFN3O. The van der Waals surface area contributed by atoms with E-state index >= 15 is 0 Å². The number of urea groups is 1. The molecule has 0 spiro atoms. The highest BCUT2D eigenvalue weighted by molar-refractivity contribution is 6.30. The summed E-state index contributed by atoms with van der Waals surface area (Å²) in [7, 11) is 0. The van der Waals surface area contributed by atoms with Crippen molar-refractivity contribution in [1.82, 2.24) is 10.7 Å². The van der Waals surface area contributed by atoms with E-state index in [0.29, 0.717) is 10.6 Å². The number of amides is 2. The lowest BCUT2D eigenvalue weighted by Gasteiger charge is -2.26. The molecule has 0 unspecified atom stereocenters. The summed E-state index contributed by atoms with van der Waals surface area (Å²) in [5.74, 6) is 4.58. The minimum Gasteiger partial charge on any atom is -0.336 e. The second-order valence-corrected chi connectivity index (χ2v) is 4.77. The molecule has 4 nitrogen and oxygen atoms in total. The molecule has 0 bridgehead atoms. The summed E-state index contributed by atoms with van der Waals surface area (Å²) in [6.07, 6.45) is 0. The molecule has 0 radical (unpaired) electrons. The monoisotopic (exact) mass is 259 g/mol. The van der Waals surface area contributed by atoms with Crippen molar-refractivity contribution in [1.29, 1.82) is 0 Å². The average Bonchev–Trinajstić information content (AvgIpc) is 2.29. The van der Waals surface area contributed by atoms with Crippen molar-refractivity contribution >= 4 is 17.6 Å². The molecule has 6 heteroatoms. The Bertz CT molecular complexity index is 423. The van der Waals surface area contributed by atoms with E-state index in [0.717, 1.165) is 0 Å². The van der Waals surface area contributed by atoms with Crippen LogP contribution < -0.4 is 16.6 Å². The third-order valence-electron chi connectivity index (χ3n) is 2.48. The van der Waals surface area contributed by atoms with Crippen LogP contribution in [0.4, 0.5) is 9.18 Å². The van der Waals surface area contributed by atoms with Crippen molar-refractivity contribution in [3.8, 4) is 0 Å². The van der Waals surface area contributed by atoms with Gasteiger partial charge in [-0.3, -0.25) is 5.43 Å². The highest BCUT2D eigenvalue weighted by Gasteiger charge is 2.25. The van der Waals surface area contributed by atoms with Gasteiger partial charge in [-0.2, -0.15) is 0 Å². The Hall–Kier alpha value is -1.33. The zero-order chi connectivity index (χ0) is 13.1. The van der Waals surface area contributed by atoms with Crippen LogP contribution in [0.15, 0.2) is 18.2 Å². The van der Waals surface area contributed by atoms with E-state index in [-0.39, 0.29) is 12.4 Å². The van der Waals surface area contributed by atoms with Gasteiger partial charge < -0.3 is 5.32 Å². The van der Waals surface area contributed by atoms with Gasteiger partial charge in [-0.15, -0.1) is 0 Å². The molecule has 94 valence electrons. The Morgan fingerprint density at radius 3 is 2.76 bits per heavy atom. The number of benzene rings is 1. The van der Waals surface area contributed by atoms with Crippen LogP contribution in [0.2, 0.25) is 5.02 Å². The van der Waals surface area contributed by atoms with E-state index in [1.54, 1.807) is 19.9 Å². The summed E-state index contributed by atoms with van der Waals surface area (Å²) < 4.78 is 13.7. The lowest BCUT2D eigenvalue weighted by molar-refractivity contribution is 0.238. The molecule has 0 aliphatic rings. The maximum Gasteiger partial charge on any atom is 0.328 e. The summed E-state index contributed by atoms with van der Waals surface area (Å²) >= 11 is 5.83. The molecule has 0 atom stereocenters. The Morgan fingerprint density at radius 2 is 2.18 bits per heavy atom. The lowest BCUT2D eigenvalue weighted by Crippen LogP contribution is -2.45. The first-order chi connectivity index (χ1) is 7.86. The number of nitrogens with two attached hydrogens (primary N) is 1. The summed E-state index contributed by atoms with van der Waals surface area (Å²) in [5, 5.41) is 2.99. The van der Waals surface area contributed by atoms with Crippen LogP contribution in [0.25, 0.3) is 0 Å². The molecular weight excluding hydrogens is 245 g/mol. The molecule has 2 amide bonds. The standard InChI is InChI=1S/C11H15ClFN3O/c1-11(2,6-15-10(17)16-14)8-5-7(12)3-4-9(8)13/h3-5H,6,14H2,1-2H3,(H2,15,16,17). The molecule has 0 aromatic heterocycles. The van der Waals surface area contributed by atoms with Gasteiger partial charge in [-0.05, 0) is 23.8 Å².